The Bertz CT molecular complexity index is 890. The third-order valence-corrected chi connectivity index (χ3v) is 6.28. The van der Waals surface area contributed by atoms with Crippen molar-refractivity contribution < 1.29 is 17.6 Å². The van der Waals surface area contributed by atoms with Gasteiger partial charge in [0.1, 0.15) is 5.82 Å². The topological polar surface area (TPSA) is 66.5 Å². The minimum atomic E-state index is -3.61. The molecule has 1 heterocycles. The van der Waals surface area contributed by atoms with Crippen molar-refractivity contribution in [2.24, 2.45) is 5.92 Å². The van der Waals surface area contributed by atoms with Crippen molar-refractivity contribution >= 4 is 33.2 Å². The number of sulfonamides is 1. The van der Waals surface area contributed by atoms with Gasteiger partial charge in [-0.15, -0.1) is 0 Å². The second-order valence-corrected chi connectivity index (χ2v) is 8.12. The molecular weight excluding hydrogens is 367 g/mol. The Balaban J connectivity index is 1.68. The maximum atomic E-state index is 13.4. The second-order valence-electron chi connectivity index (χ2n) is 5.78. The fraction of sp³-hybridized carbons (Fsp3) is 0.235. The number of rotatable bonds is 4. The van der Waals surface area contributed by atoms with Crippen LogP contribution >= 0.6 is 11.6 Å². The molecule has 1 saturated heterocycles. The summed E-state index contributed by atoms with van der Waals surface area (Å²) in [6.45, 7) is 0.365. The van der Waals surface area contributed by atoms with E-state index in [1.54, 1.807) is 18.2 Å². The molecule has 0 radical (unpaired) electrons. The normalized spacial score (nSPS) is 18.2. The molecule has 0 saturated carbocycles. The molecule has 0 spiro atoms. The summed E-state index contributed by atoms with van der Waals surface area (Å²) < 4.78 is 39.9. The van der Waals surface area contributed by atoms with E-state index in [-0.39, 0.29) is 34.6 Å². The third kappa shape index (κ3) is 3.84. The van der Waals surface area contributed by atoms with Gasteiger partial charge in [0, 0.05) is 18.8 Å². The molecule has 3 rings (SSSR count). The first-order valence-corrected chi connectivity index (χ1v) is 9.51. The average Bonchev–Trinajstić information content (AvgIpc) is 3.10. The van der Waals surface area contributed by atoms with Crippen LogP contribution in [-0.2, 0) is 14.8 Å². The van der Waals surface area contributed by atoms with Gasteiger partial charge in [0.25, 0.3) is 0 Å². The molecule has 25 heavy (non-hydrogen) atoms. The van der Waals surface area contributed by atoms with Crippen molar-refractivity contribution in [3.05, 3.63) is 59.4 Å². The van der Waals surface area contributed by atoms with E-state index in [2.05, 4.69) is 5.32 Å². The molecule has 0 aliphatic carbocycles. The highest BCUT2D eigenvalue weighted by molar-refractivity contribution is 7.89. The number of carbonyl (C=O) groups is 1. The van der Waals surface area contributed by atoms with E-state index in [1.807, 2.05) is 0 Å². The van der Waals surface area contributed by atoms with E-state index in [4.69, 9.17) is 11.6 Å². The number of carbonyl (C=O) groups excluding carboxylic acids is 1. The van der Waals surface area contributed by atoms with Gasteiger partial charge in [-0.3, -0.25) is 4.79 Å². The van der Waals surface area contributed by atoms with Crippen LogP contribution < -0.4 is 5.32 Å². The predicted molar refractivity (Wildman–Crippen MR) is 93.3 cm³/mol. The summed E-state index contributed by atoms with van der Waals surface area (Å²) in [6, 6.07) is 12.1. The average molecular weight is 383 g/mol. The summed E-state index contributed by atoms with van der Waals surface area (Å²) in [4.78, 5) is 12.5. The summed E-state index contributed by atoms with van der Waals surface area (Å²) >= 11 is 5.61. The van der Waals surface area contributed by atoms with E-state index < -0.39 is 21.8 Å². The number of hydrogen-bond acceptors (Lipinski definition) is 3. The SMILES string of the molecule is O=C(Nc1ccc(Cl)c(F)c1)C1CCN(S(=O)(=O)c2ccccc2)C1. The Kier molecular flexibility index (Phi) is 5.08. The van der Waals surface area contributed by atoms with Gasteiger partial charge in [0.15, 0.2) is 0 Å². The minimum absolute atomic E-state index is 0.0287. The lowest BCUT2D eigenvalue weighted by atomic mass is 10.1. The van der Waals surface area contributed by atoms with Gasteiger partial charge < -0.3 is 5.32 Å². The fourth-order valence-electron chi connectivity index (χ4n) is 2.72. The van der Waals surface area contributed by atoms with E-state index in [0.717, 1.165) is 6.07 Å². The molecule has 2 aromatic rings. The summed E-state index contributed by atoms with van der Waals surface area (Å²) in [6.07, 6.45) is 0.411. The van der Waals surface area contributed by atoms with Crippen molar-refractivity contribution in [2.75, 3.05) is 18.4 Å². The molecule has 8 heteroatoms. The lowest BCUT2D eigenvalue weighted by molar-refractivity contribution is -0.119. The third-order valence-electron chi connectivity index (χ3n) is 4.09. The largest absolute Gasteiger partial charge is 0.326 e. The Morgan fingerprint density at radius 3 is 2.60 bits per heavy atom. The zero-order valence-electron chi connectivity index (χ0n) is 13.2. The van der Waals surface area contributed by atoms with Gasteiger partial charge >= 0.3 is 0 Å². The fourth-order valence-corrected chi connectivity index (χ4v) is 4.36. The van der Waals surface area contributed by atoms with Crippen LogP contribution in [0.5, 0.6) is 0 Å². The molecule has 1 amide bonds. The Hall–Kier alpha value is -1.96. The highest BCUT2D eigenvalue weighted by Crippen LogP contribution is 2.26. The monoisotopic (exact) mass is 382 g/mol. The number of halogens is 2. The first-order chi connectivity index (χ1) is 11.9. The van der Waals surface area contributed by atoms with Crippen molar-refractivity contribution in [2.45, 2.75) is 11.3 Å². The lowest BCUT2D eigenvalue weighted by Crippen LogP contribution is -2.31. The summed E-state index contributed by atoms with van der Waals surface area (Å²) in [5.74, 6) is -1.45. The Morgan fingerprint density at radius 1 is 1.20 bits per heavy atom. The highest BCUT2D eigenvalue weighted by Gasteiger charge is 2.35. The van der Waals surface area contributed by atoms with Crippen molar-refractivity contribution in [3.8, 4) is 0 Å². The van der Waals surface area contributed by atoms with Crippen LogP contribution in [0.1, 0.15) is 6.42 Å². The molecule has 1 atom stereocenters. The molecule has 132 valence electrons. The second kappa shape index (κ2) is 7.11. The summed E-state index contributed by atoms with van der Waals surface area (Å²) in [5.41, 5.74) is 0.288. The summed E-state index contributed by atoms with van der Waals surface area (Å²) in [7, 11) is -3.61. The molecule has 0 aromatic heterocycles. The van der Waals surface area contributed by atoms with Gasteiger partial charge in [-0.05, 0) is 36.8 Å². The quantitative estimate of drug-likeness (QED) is 0.883. The van der Waals surface area contributed by atoms with Crippen LogP contribution in [0.3, 0.4) is 0 Å². The van der Waals surface area contributed by atoms with Crippen molar-refractivity contribution in [1.29, 1.82) is 0 Å². The first kappa shape index (κ1) is 17.8. The van der Waals surface area contributed by atoms with Crippen LogP contribution in [-0.4, -0.2) is 31.7 Å². The van der Waals surface area contributed by atoms with E-state index in [0.29, 0.717) is 6.42 Å². The van der Waals surface area contributed by atoms with Crippen LogP contribution in [0.4, 0.5) is 10.1 Å². The molecule has 1 fully saturated rings. The number of nitrogens with zero attached hydrogens (tertiary/aromatic N) is 1. The number of anilines is 1. The molecular formula is C17H16ClFN2O3S. The van der Waals surface area contributed by atoms with Gasteiger partial charge in [-0.2, -0.15) is 4.31 Å². The Labute approximate surface area is 150 Å². The maximum Gasteiger partial charge on any atom is 0.243 e. The maximum absolute atomic E-state index is 13.4. The van der Waals surface area contributed by atoms with E-state index >= 15 is 0 Å². The van der Waals surface area contributed by atoms with E-state index in [1.165, 1.54) is 28.6 Å². The zero-order valence-corrected chi connectivity index (χ0v) is 14.7. The molecule has 1 N–H and O–H groups in total. The number of amides is 1. The van der Waals surface area contributed by atoms with Crippen molar-refractivity contribution in [3.63, 3.8) is 0 Å². The van der Waals surface area contributed by atoms with Gasteiger partial charge in [0.2, 0.25) is 15.9 Å². The molecule has 1 aliphatic heterocycles. The van der Waals surface area contributed by atoms with Gasteiger partial charge in [0.05, 0.1) is 15.8 Å². The van der Waals surface area contributed by atoms with Crippen LogP contribution in [0.25, 0.3) is 0 Å². The Morgan fingerprint density at radius 2 is 1.92 bits per heavy atom. The zero-order chi connectivity index (χ0) is 18.0. The highest BCUT2D eigenvalue weighted by atomic mass is 35.5. The predicted octanol–water partition coefficient (Wildman–Crippen LogP) is 3.13. The number of hydrogen-bond donors (Lipinski definition) is 1. The molecule has 1 aliphatic rings. The molecule has 5 nitrogen and oxygen atoms in total. The minimum Gasteiger partial charge on any atom is -0.326 e. The van der Waals surface area contributed by atoms with Gasteiger partial charge in [-0.1, -0.05) is 29.8 Å². The van der Waals surface area contributed by atoms with Crippen LogP contribution in [0.2, 0.25) is 5.02 Å². The van der Waals surface area contributed by atoms with Gasteiger partial charge in [-0.25, -0.2) is 12.8 Å². The number of nitrogens with one attached hydrogen (secondary N) is 1. The van der Waals surface area contributed by atoms with Crippen LogP contribution in [0.15, 0.2) is 53.4 Å². The standard InChI is InChI=1S/C17H16ClFN2O3S/c18-15-7-6-13(10-16(15)19)20-17(22)12-8-9-21(11-12)25(23,24)14-4-2-1-3-5-14/h1-7,10,12H,8-9,11H2,(H,20,22). The first-order valence-electron chi connectivity index (χ1n) is 7.69. The van der Waals surface area contributed by atoms with Crippen molar-refractivity contribution in [1.82, 2.24) is 4.31 Å². The molecule has 0 bridgehead atoms. The smallest absolute Gasteiger partial charge is 0.243 e. The summed E-state index contributed by atoms with van der Waals surface area (Å²) in [5, 5.41) is 2.58. The molecule has 1 unspecified atom stereocenters. The van der Waals surface area contributed by atoms with E-state index in [9.17, 15) is 17.6 Å². The number of benzene rings is 2. The lowest BCUT2D eigenvalue weighted by Gasteiger charge is -2.16. The molecule has 2 aromatic carbocycles. The van der Waals surface area contributed by atoms with Crippen LogP contribution in [0, 0.1) is 11.7 Å².